The highest BCUT2D eigenvalue weighted by Gasteiger charge is 2.17. The lowest BCUT2D eigenvalue weighted by Gasteiger charge is -2.16. The smallest absolute Gasteiger partial charge is 0.0715 e. The van der Waals surface area contributed by atoms with Gasteiger partial charge in [0.25, 0.3) is 0 Å². The van der Waals surface area contributed by atoms with Gasteiger partial charge in [0.05, 0.1) is 34.2 Å². The van der Waals surface area contributed by atoms with Crippen molar-refractivity contribution in [1.29, 1.82) is 0 Å². The van der Waals surface area contributed by atoms with Crippen LogP contribution in [0.4, 0.5) is 0 Å². The first kappa shape index (κ1) is 39.1. The summed E-state index contributed by atoms with van der Waals surface area (Å²) in [5.74, 6) is 0. The van der Waals surface area contributed by atoms with Gasteiger partial charge in [0, 0.05) is 33.4 Å². The van der Waals surface area contributed by atoms with Crippen molar-refractivity contribution in [3.63, 3.8) is 0 Å². The van der Waals surface area contributed by atoms with Crippen molar-refractivity contribution >= 4 is 0 Å². The van der Waals surface area contributed by atoms with Gasteiger partial charge in [-0.15, -0.1) is 0 Å². The number of benzene rings is 7. The van der Waals surface area contributed by atoms with E-state index < -0.39 is 0 Å². The van der Waals surface area contributed by atoms with Crippen molar-refractivity contribution in [3.05, 3.63) is 235 Å². The third-order valence-electron chi connectivity index (χ3n) is 11.6. The fraction of sp³-hybridized carbons (Fsp3) is 0.0500. The lowest BCUT2D eigenvalue weighted by atomic mass is 9.90. The van der Waals surface area contributed by atoms with Gasteiger partial charge in [0.15, 0.2) is 0 Å². The Morgan fingerprint density at radius 3 is 0.667 bits per heavy atom. The van der Waals surface area contributed by atoms with Gasteiger partial charge in [0.1, 0.15) is 0 Å². The highest BCUT2D eigenvalue weighted by Crippen LogP contribution is 2.40. The molecular formula is C60H45N3. The van der Waals surface area contributed by atoms with Crippen molar-refractivity contribution < 1.29 is 0 Å². The third-order valence-corrected chi connectivity index (χ3v) is 11.6. The lowest BCUT2D eigenvalue weighted by Crippen LogP contribution is -1.95. The summed E-state index contributed by atoms with van der Waals surface area (Å²) < 4.78 is 0. The Morgan fingerprint density at radius 1 is 0.190 bits per heavy atom. The molecule has 0 radical (unpaired) electrons. The first-order valence-electron chi connectivity index (χ1n) is 21.5. The zero-order valence-corrected chi connectivity index (χ0v) is 35.6. The maximum absolute atomic E-state index is 5.28. The van der Waals surface area contributed by atoms with Crippen LogP contribution < -0.4 is 0 Å². The van der Waals surface area contributed by atoms with Crippen LogP contribution in [0.5, 0.6) is 0 Å². The minimum atomic E-state index is 0.922. The largest absolute Gasteiger partial charge is 0.248 e. The van der Waals surface area contributed by atoms with Crippen LogP contribution >= 0.6 is 0 Å². The van der Waals surface area contributed by atoms with Crippen molar-refractivity contribution in [1.82, 2.24) is 15.0 Å². The van der Waals surface area contributed by atoms with Gasteiger partial charge in [-0.1, -0.05) is 162 Å². The molecule has 300 valence electrons. The summed E-state index contributed by atoms with van der Waals surface area (Å²) >= 11 is 0. The van der Waals surface area contributed by atoms with Crippen LogP contribution in [-0.2, 0) is 0 Å². The van der Waals surface area contributed by atoms with Crippen LogP contribution in [0, 0.1) is 20.8 Å². The number of rotatable bonds is 9. The second-order valence-electron chi connectivity index (χ2n) is 16.4. The van der Waals surface area contributed by atoms with Gasteiger partial charge in [-0.25, -0.2) is 15.0 Å². The maximum atomic E-state index is 5.28. The Kier molecular flexibility index (Phi) is 10.7. The lowest BCUT2D eigenvalue weighted by molar-refractivity contribution is 1.31. The molecule has 0 spiro atoms. The van der Waals surface area contributed by atoms with Crippen molar-refractivity contribution in [2.75, 3.05) is 0 Å². The van der Waals surface area contributed by atoms with E-state index >= 15 is 0 Å². The van der Waals surface area contributed by atoms with Crippen molar-refractivity contribution in [3.8, 4) is 101 Å². The van der Waals surface area contributed by atoms with Gasteiger partial charge in [0.2, 0.25) is 0 Å². The van der Waals surface area contributed by atoms with E-state index in [9.17, 15) is 0 Å². The summed E-state index contributed by atoms with van der Waals surface area (Å²) in [4.78, 5) is 15.8. The number of aryl methyl sites for hydroxylation is 3. The molecule has 0 aliphatic heterocycles. The summed E-state index contributed by atoms with van der Waals surface area (Å²) in [7, 11) is 0. The summed E-state index contributed by atoms with van der Waals surface area (Å²) in [5, 5.41) is 0. The maximum Gasteiger partial charge on any atom is 0.0715 e. The Labute approximate surface area is 370 Å². The van der Waals surface area contributed by atoms with Crippen LogP contribution in [-0.4, -0.2) is 15.0 Å². The molecule has 63 heavy (non-hydrogen) atoms. The second kappa shape index (κ2) is 17.2. The van der Waals surface area contributed by atoms with E-state index in [1.165, 1.54) is 16.7 Å². The average Bonchev–Trinajstić information content (AvgIpc) is 3.34. The Morgan fingerprint density at radius 2 is 0.413 bits per heavy atom. The van der Waals surface area contributed by atoms with Crippen LogP contribution in [0.15, 0.2) is 218 Å². The molecule has 3 nitrogen and oxygen atoms in total. The van der Waals surface area contributed by atoms with Gasteiger partial charge < -0.3 is 0 Å². The molecule has 3 aromatic heterocycles. The normalized spacial score (nSPS) is 11.1. The van der Waals surface area contributed by atoms with E-state index in [0.29, 0.717) is 0 Å². The fourth-order valence-corrected chi connectivity index (χ4v) is 8.35. The van der Waals surface area contributed by atoms with E-state index in [4.69, 9.17) is 15.0 Å². The Balaban J connectivity index is 1.25. The first-order chi connectivity index (χ1) is 30.9. The number of hydrogen-bond acceptors (Lipinski definition) is 3. The molecule has 0 aliphatic rings. The quantitative estimate of drug-likeness (QED) is 0.146. The molecule has 7 aromatic carbocycles. The monoisotopic (exact) mass is 807 g/mol. The first-order valence-corrected chi connectivity index (χ1v) is 21.5. The molecule has 0 saturated heterocycles. The van der Waals surface area contributed by atoms with Crippen LogP contribution in [0.3, 0.4) is 0 Å². The average molecular weight is 808 g/mol. The molecule has 0 unspecified atom stereocenters. The zero-order valence-electron chi connectivity index (χ0n) is 35.6. The molecule has 10 rings (SSSR count). The molecule has 3 heterocycles. The molecule has 0 aliphatic carbocycles. The van der Waals surface area contributed by atoms with Gasteiger partial charge in [-0.05, 0) is 127 Å². The molecule has 0 fully saturated rings. The van der Waals surface area contributed by atoms with Gasteiger partial charge >= 0.3 is 0 Å². The molecular weight excluding hydrogens is 763 g/mol. The van der Waals surface area contributed by atoms with E-state index in [0.717, 1.165) is 101 Å². The highest BCUT2D eigenvalue weighted by molar-refractivity contribution is 5.88. The minimum absolute atomic E-state index is 0.922. The standard InChI is InChI=1S/C60H45N3/c1-40-16-13-25-46(28-40)58-37-52(34-55(61-58)43-19-7-4-8-20-43)49-31-50(53-35-56(44-21-9-5-10-22-44)62-59(38-53)47-26-14-17-41(2)29-47)33-51(32-49)54-36-57(45-23-11-6-12-24-45)63-60(39-54)48-27-15-18-42(3)30-48/h4-39H,1-3H3. The second-order valence-corrected chi connectivity index (χ2v) is 16.4. The van der Waals surface area contributed by atoms with Gasteiger partial charge in [-0.3, -0.25) is 0 Å². The molecule has 10 aromatic rings. The summed E-state index contributed by atoms with van der Waals surface area (Å²) in [6.07, 6.45) is 0. The molecule has 0 bridgehead atoms. The number of nitrogens with zero attached hydrogens (tertiary/aromatic N) is 3. The van der Waals surface area contributed by atoms with E-state index in [2.05, 4.69) is 239 Å². The summed E-state index contributed by atoms with van der Waals surface area (Å²) in [5.41, 5.74) is 22.1. The third kappa shape index (κ3) is 8.64. The number of hydrogen-bond donors (Lipinski definition) is 0. The number of pyridine rings is 3. The van der Waals surface area contributed by atoms with Crippen molar-refractivity contribution in [2.45, 2.75) is 20.8 Å². The van der Waals surface area contributed by atoms with E-state index in [-0.39, 0.29) is 0 Å². The SMILES string of the molecule is Cc1cccc(-c2cc(-c3cc(-c4cc(-c5ccccc5)nc(-c5cccc(C)c5)c4)cc(-c4cc(-c5ccccc5)nc(-c5cccc(C)c5)c4)c3)cc(-c3ccccc3)n2)c1. The molecule has 0 N–H and O–H groups in total. The Bertz CT molecular complexity index is 2880. The summed E-state index contributed by atoms with van der Waals surface area (Å²) in [6.45, 7) is 6.40. The highest BCUT2D eigenvalue weighted by atomic mass is 14.7. The zero-order chi connectivity index (χ0) is 42.7. The number of aromatic nitrogens is 3. The molecule has 0 amide bonds. The Hall–Kier alpha value is -8.01. The topological polar surface area (TPSA) is 38.7 Å². The minimum Gasteiger partial charge on any atom is -0.248 e. The summed E-state index contributed by atoms with van der Waals surface area (Å²) in [6, 6.07) is 77.7. The van der Waals surface area contributed by atoms with Gasteiger partial charge in [-0.2, -0.15) is 0 Å². The van der Waals surface area contributed by atoms with Crippen LogP contribution in [0.2, 0.25) is 0 Å². The van der Waals surface area contributed by atoms with Crippen molar-refractivity contribution in [2.24, 2.45) is 0 Å². The molecule has 0 saturated carbocycles. The predicted octanol–water partition coefficient (Wildman–Crippen LogP) is 15.8. The fourth-order valence-electron chi connectivity index (χ4n) is 8.35. The van der Waals surface area contributed by atoms with Crippen LogP contribution in [0.1, 0.15) is 16.7 Å². The van der Waals surface area contributed by atoms with E-state index in [1.54, 1.807) is 0 Å². The molecule has 3 heteroatoms. The predicted molar refractivity (Wildman–Crippen MR) is 263 cm³/mol. The molecule has 0 atom stereocenters. The van der Waals surface area contributed by atoms with E-state index in [1.807, 2.05) is 0 Å². The van der Waals surface area contributed by atoms with Crippen LogP contribution in [0.25, 0.3) is 101 Å².